The van der Waals surface area contributed by atoms with E-state index in [1.54, 1.807) is 0 Å². The van der Waals surface area contributed by atoms with Crippen LogP contribution in [0.3, 0.4) is 0 Å². The minimum Gasteiger partial charge on any atom is -0.312 e. The van der Waals surface area contributed by atoms with Gasteiger partial charge in [-0.2, -0.15) is 0 Å². The fraction of sp³-hybridized carbons (Fsp3) is 0.500. The van der Waals surface area contributed by atoms with Crippen LogP contribution in [-0.4, -0.2) is 30.6 Å². The van der Waals surface area contributed by atoms with Crippen molar-refractivity contribution in [2.75, 3.05) is 19.6 Å². The van der Waals surface area contributed by atoms with Crippen molar-refractivity contribution in [1.29, 1.82) is 0 Å². The highest BCUT2D eigenvalue weighted by molar-refractivity contribution is 5.13. The highest BCUT2D eigenvalue weighted by Crippen LogP contribution is 2.06. The van der Waals surface area contributed by atoms with Crippen molar-refractivity contribution in [3.63, 3.8) is 0 Å². The first-order chi connectivity index (χ1) is 6.84. The van der Waals surface area contributed by atoms with Crippen LogP contribution in [-0.2, 0) is 6.54 Å². The highest BCUT2D eigenvalue weighted by Gasteiger charge is 2.14. The summed E-state index contributed by atoms with van der Waals surface area (Å²) in [6.07, 6.45) is 0. The fourth-order valence-electron chi connectivity index (χ4n) is 1.94. The molecule has 0 aromatic heterocycles. The van der Waals surface area contributed by atoms with E-state index >= 15 is 0 Å². The molecule has 1 N–H and O–H groups in total. The Morgan fingerprint density at radius 1 is 1.64 bits per heavy atom. The SMILES string of the molecule is CC1CN(Cc2c[c]ccc2)CCN1. The maximum Gasteiger partial charge on any atom is 0.0235 e. The van der Waals surface area contributed by atoms with Gasteiger partial charge in [0.05, 0.1) is 0 Å². The summed E-state index contributed by atoms with van der Waals surface area (Å²) < 4.78 is 0. The summed E-state index contributed by atoms with van der Waals surface area (Å²) in [4.78, 5) is 2.49. The maximum atomic E-state index is 3.45. The molecule has 0 aliphatic carbocycles. The second kappa shape index (κ2) is 4.58. The van der Waals surface area contributed by atoms with Crippen molar-refractivity contribution >= 4 is 0 Å². The molecular weight excluding hydrogens is 172 g/mol. The molecule has 1 aliphatic heterocycles. The smallest absolute Gasteiger partial charge is 0.0235 e. The standard InChI is InChI=1S/C12H17N2/c1-11-9-14(8-7-13-11)10-12-5-3-2-4-6-12/h2-3,5-6,11,13H,7-10H2,1H3. The molecule has 2 rings (SSSR count). The first-order valence-electron chi connectivity index (χ1n) is 5.25. The lowest BCUT2D eigenvalue weighted by atomic mass is 10.2. The second-order valence-corrected chi connectivity index (χ2v) is 4.00. The first-order valence-corrected chi connectivity index (χ1v) is 5.25. The molecule has 0 amide bonds. The maximum absolute atomic E-state index is 3.45. The van der Waals surface area contributed by atoms with E-state index in [4.69, 9.17) is 0 Å². The van der Waals surface area contributed by atoms with Gasteiger partial charge < -0.3 is 5.32 Å². The van der Waals surface area contributed by atoms with Gasteiger partial charge >= 0.3 is 0 Å². The van der Waals surface area contributed by atoms with Gasteiger partial charge in [0.15, 0.2) is 0 Å². The van der Waals surface area contributed by atoms with E-state index in [2.05, 4.69) is 41.4 Å². The Morgan fingerprint density at radius 2 is 2.57 bits per heavy atom. The summed E-state index contributed by atoms with van der Waals surface area (Å²) >= 11 is 0. The molecule has 1 unspecified atom stereocenters. The zero-order valence-corrected chi connectivity index (χ0v) is 8.66. The van der Waals surface area contributed by atoms with Crippen LogP contribution in [0.2, 0.25) is 0 Å². The van der Waals surface area contributed by atoms with E-state index in [9.17, 15) is 0 Å². The van der Waals surface area contributed by atoms with Crippen LogP contribution in [0.25, 0.3) is 0 Å². The van der Waals surface area contributed by atoms with E-state index in [0.29, 0.717) is 6.04 Å². The van der Waals surface area contributed by atoms with Gasteiger partial charge in [-0.3, -0.25) is 4.90 Å². The molecule has 2 heteroatoms. The van der Waals surface area contributed by atoms with Crippen LogP contribution in [0.5, 0.6) is 0 Å². The number of hydrogen-bond acceptors (Lipinski definition) is 2. The summed E-state index contributed by atoms with van der Waals surface area (Å²) in [5.41, 5.74) is 1.36. The van der Waals surface area contributed by atoms with Crippen molar-refractivity contribution in [3.05, 3.63) is 35.9 Å². The van der Waals surface area contributed by atoms with Gasteiger partial charge in [-0.15, -0.1) is 0 Å². The minimum atomic E-state index is 0.622. The third kappa shape index (κ3) is 2.56. The van der Waals surface area contributed by atoms with Gasteiger partial charge in [0, 0.05) is 32.2 Å². The molecule has 75 valence electrons. The molecule has 1 aromatic carbocycles. The Bertz CT molecular complexity index is 271. The zero-order valence-electron chi connectivity index (χ0n) is 8.66. The van der Waals surface area contributed by atoms with E-state index in [1.807, 2.05) is 6.07 Å². The average Bonchev–Trinajstić information content (AvgIpc) is 2.19. The Morgan fingerprint density at radius 3 is 3.29 bits per heavy atom. The number of benzene rings is 1. The Hall–Kier alpha value is -0.860. The predicted molar refractivity (Wildman–Crippen MR) is 58.0 cm³/mol. The van der Waals surface area contributed by atoms with Gasteiger partial charge in [-0.05, 0) is 24.6 Å². The van der Waals surface area contributed by atoms with Gasteiger partial charge in [0.1, 0.15) is 0 Å². The van der Waals surface area contributed by atoms with Gasteiger partial charge in [-0.25, -0.2) is 0 Å². The largest absolute Gasteiger partial charge is 0.312 e. The minimum absolute atomic E-state index is 0.622. The quantitative estimate of drug-likeness (QED) is 0.754. The van der Waals surface area contributed by atoms with Crippen molar-refractivity contribution in [3.8, 4) is 0 Å². The molecule has 1 fully saturated rings. The fourth-order valence-corrected chi connectivity index (χ4v) is 1.94. The molecule has 1 radical (unpaired) electrons. The Labute approximate surface area is 85.9 Å². The van der Waals surface area contributed by atoms with Crippen molar-refractivity contribution in [2.24, 2.45) is 0 Å². The Balaban J connectivity index is 1.91. The summed E-state index contributed by atoms with van der Waals surface area (Å²) in [5, 5.41) is 3.45. The number of nitrogens with one attached hydrogen (secondary N) is 1. The summed E-state index contributed by atoms with van der Waals surface area (Å²) in [7, 11) is 0. The van der Waals surface area contributed by atoms with Crippen LogP contribution in [0.15, 0.2) is 24.3 Å². The number of piperazine rings is 1. The normalized spacial score (nSPS) is 23.6. The van der Waals surface area contributed by atoms with Gasteiger partial charge in [0.2, 0.25) is 0 Å². The van der Waals surface area contributed by atoms with Crippen LogP contribution in [0, 0.1) is 6.07 Å². The molecule has 0 bridgehead atoms. The van der Waals surface area contributed by atoms with E-state index in [-0.39, 0.29) is 0 Å². The monoisotopic (exact) mass is 189 g/mol. The molecule has 2 nitrogen and oxygen atoms in total. The van der Waals surface area contributed by atoms with Crippen LogP contribution in [0.4, 0.5) is 0 Å². The first kappa shape index (κ1) is 9.69. The molecule has 1 heterocycles. The molecule has 0 saturated carbocycles. The van der Waals surface area contributed by atoms with E-state index < -0.39 is 0 Å². The summed E-state index contributed by atoms with van der Waals surface area (Å²) in [5.74, 6) is 0. The molecule has 1 aromatic rings. The molecular formula is C12H17N2. The van der Waals surface area contributed by atoms with Crippen LogP contribution in [0.1, 0.15) is 12.5 Å². The van der Waals surface area contributed by atoms with Gasteiger partial charge in [0.25, 0.3) is 0 Å². The third-order valence-corrected chi connectivity index (χ3v) is 2.63. The summed E-state index contributed by atoms with van der Waals surface area (Å²) in [6, 6.07) is 12.0. The van der Waals surface area contributed by atoms with E-state index in [1.165, 1.54) is 5.56 Å². The van der Waals surface area contributed by atoms with Gasteiger partial charge in [-0.1, -0.05) is 18.2 Å². The topological polar surface area (TPSA) is 15.3 Å². The average molecular weight is 189 g/mol. The number of rotatable bonds is 2. The summed E-state index contributed by atoms with van der Waals surface area (Å²) in [6.45, 7) is 6.71. The lowest BCUT2D eigenvalue weighted by molar-refractivity contribution is 0.199. The van der Waals surface area contributed by atoms with Crippen molar-refractivity contribution < 1.29 is 0 Å². The zero-order chi connectivity index (χ0) is 9.80. The molecule has 0 spiro atoms. The van der Waals surface area contributed by atoms with E-state index in [0.717, 1.165) is 26.2 Å². The molecule has 1 atom stereocenters. The Kier molecular flexibility index (Phi) is 3.17. The third-order valence-electron chi connectivity index (χ3n) is 2.63. The highest BCUT2D eigenvalue weighted by atomic mass is 15.2. The number of nitrogens with zero attached hydrogens (tertiary/aromatic N) is 1. The van der Waals surface area contributed by atoms with Crippen molar-refractivity contribution in [1.82, 2.24) is 10.2 Å². The molecule has 14 heavy (non-hydrogen) atoms. The lowest BCUT2D eigenvalue weighted by Crippen LogP contribution is -2.48. The number of hydrogen-bond donors (Lipinski definition) is 1. The molecule has 1 aliphatic rings. The van der Waals surface area contributed by atoms with Crippen molar-refractivity contribution in [2.45, 2.75) is 19.5 Å². The van der Waals surface area contributed by atoms with Crippen LogP contribution < -0.4 is 5.32 Å². The second-order valence-electron chi connectivity index (χ2n) is 4.00. The predicted octanol–water partition coefficient (Wildman–Crippen LogP) is 1.28. The van der Waals surface area contributed by atoms with Crippen LogP contribution >= 0.6 is 0 Å². The molecule has 1 saturated heterocycles. The lowest BCUT2D eigenvalue weighted by Gasteiger charge is -2.31.